The number of hydrogen-bond donors (Lipinski definition) is 0. The predicted molar refractivity (Wildman–Crippen MR) is 82.6 cm³/mol. The number of hydrogen-bond acceptors (Lipinski definition) is 2. The number of benzene rings is 2. The molecule has 2 rings (SSSR count). The average molecular weight is 278 g/mol. The maximum absolute atomic E-state index is 12.6. The minimum atomic E-state index is 0.00481. The van der Waals surface area contributed by atoms with Crippen LogP contribution in [0.3, 0.4) is 0 Å². The van der Waals surface area contributed by atoms with Crippen LogP contribution in [0, 0.1) is 11.3 Å². The summed E-state index contributed by atoms with van der Waals surface area (Å²) in [6, 6.07) is 18.8. The standard InChI is InChI=1S/C18H18N2O/c1-2-12-20(14-16-6-4-3-5-7-16)18(21)17-10-8-15(13-19)9-11-17/h3-11H,2,12,14H2,1H3. The van der Waals surface area contributed by atoms with Crippen molar-refractivity contribution in [3.8, 4) is 6.07 Å². The lowest BCUT2D eigenvalue weighted by Crippen LogP contribution is -2.31. The Balaban J connectivity index is 2.16. The number of rotatable bonds is 5. The van der Waals surface area contributed by atoms with E-state index in [4.69, 9.17) is 5.26 Å². The summed E-state index contributed by atoms with van der Waals surface area (Å²) in [6.07, 6.45) is 0.912. The summed E-state index contributed by atoms with van der Waals surface area (Å²) in [6.45, 7) is 3.38. The third kappa shape index (κ3) is 3.93. The van der Waals surface area contributed by atoms with Crippen LogP contribution in [0.1, 0.15) is 34.8 Å². The highest BCUT2D eigenvalue weighted by Crippen LogP contribution is 2.11. The Kier molecular flexibility index (Phi) is 5.11. The first-order valence-electron chi connectivity index (χ1n) is 7.08. The van der Waals surface area contributed by atoms with Gasteiger partial charge in [-0.1, -0.05) is 37.3 Å². The Morgan fingerprint density at radius 2 is 1.76 bits per heavy atom. The zero-order valence-corrected chi connectivity index (χ0v) is 12.1. The van der Waals surface area contributed by atoms with E-state index in [2.05, 4.69) is 13.0 Å². The summed E-state index contributed by atoms with van der Waals surface area (Å²) in [5, 5.41) is 8.81. The molecule has 2 aromatic carbocycles. The fourth-order valence-corrected chi connectivity index (χ4v) is 2.20. The highest BCUT2D eigenvalue weighted by atomic mass is 16.2. The van der Waals surface area contributed by atoms with Gasteiger partial charge in [0.15, 0.2) is 0 Å². The van der Waals surface area contributed by atoms with E-state index in [0.29, 0.717) is 24.2 Å². The van der Waals surface area contributed by atoms with Crippen LogP contribution in [-0.4, -0.2) is 17.4 Å². The van der Waals surface area contributed by atoms with Gasteiger partial charge in [0.25, 0.3) is 5.91 Å². The Hall–Kier alpha value is -2.60. The van der Waals surface area contributed by atoms with Crippen LogP contribution in [-0.2, 0) is 6.54 Å². The van der Waals surface area contributed by atoms with Gasteiger partial charge in [0.1, 0.15) is 0 Å². The van der Waals surface area contributed by atoms with Crippen molar-refractivity contribution >= 4 is 5.91 Å². The first kappa shape index (κ1) is 14.8. The molecule has 0 aliphatic heterocycles. The van der Waals surface area contributed by atoms with Gasteiger partial charge in [-0.3, -0.25) is 4.79 Å². The fourth-order valence-electron chi connectivity index (χ4n) is 2.20. The van der Waals surface area contributed by atoms with E-state index in [1.54, 1.807) is 24.3 Å². The summed E-state index contributed by atoms with van der Waals surface area (Å²) in [4.78, 5) is 14.4. The number of nitrogens with zero attached hydrogens (tertiary/aromatic N) is 2. The molecule has 106 valence electrons. The molecule has 0 aromatic heterocycles. The van der Waals surface area contributed by atoms with Gasteiger partial charge < -0.3 is 4.90 Å². The van der Waals surface area contributed by atoms with Gasteiger partial charge in [0.05, 0.1) is 11.6 Å². The van der Waals surface area contributed by atoms with Crippen molar-refractivity contribution in [1.29, 1.82) is 5.26 Å². The molecule has 0 spiro atoms. The monoisotopic (exact) mass is 278 g/mol. The molecule has 0 radical (unpaired) electrons. The van der Waals surface area contributed by atoms with E-state index in [1.165, 1.54) is 0 Å². The summed E-state index contributed by atoms with van der Waals surface area (Å²) in [7, 11) is 0. The molecule has 3 nitrogen and oxygen atoms in total. The zero-order chi connectivity index (χ0) is 15.1. The van der Waals surface area contributed by atoms with Gasteiger partial charge in [-0.25, -0.2) is 0 Å². The van der Waals surface area contributed by atoms with Gasteiger partial charge >= 0.3 is 0 Å². The fraction of sp³-hybridized carbons (Fsp3) is 0.222. The lowest BCUT2D eigenvalue weighted by atomic mass is 10.1. The smallest absolute Gasteiger partial charge is 0.254 e. The second-order valence-corrected chi connectivity index (χ2v) is 4.90. The van der Waals surface area contributed by atoms with Crippen LogP contribution in [0.5, 0.6) is 0 Å². The Bertz CT molecular complexity index is 627. The molecule has 0 N–H and O–H groups in total. The molecule has 0 atom stereocenters. The maximum Gasteiger partial charge on any atom is 0.254 e. The summed E-state index contributed by atoms with van der Waals surface area (Å²) in [5.74, 6) is 0.00481. The van der Waals surface area contributed by atoms with Gasteiger partial charge in [-0.2, -0.15) is 5.26 Å². The van der Waals surface area contributed by atoms with Crippen molar-refractivity contribution in [2.45, 2.75) is 19.9 Å². The molecule has 0 aliphatic rings. The van der Waals surface area contributed by atoms with Gasteiger partial charge in [-0.15, -0.1) is 0 Å². The Morgan fingerprint density at radius 1 is 1.10 bits per heavy atom. The van der Waals surface area contributed by atoms with E-state index in [1.807, 2.05) is 35.2 Å². The molecule has 2 aromatic rings. The first-order chi connectivity index (χ1) is 10.2. The molecule has 0 bridgehead atoms. The number of carbonyl (C=O) groups is 1. The van der Waals surface area contributed by atoms with E-state index < -0.39 is 0 Å². The molecule has 0 aliphatic carbocycles. The molecule has 0 unspecified atom stereocenters. The highest BCUT2D eigenvalue weighted by molar-refractivity contribution is 5.94. The van der Waals surface area contributed by atoms with Crippen LogP contribution in [0.4, 0.5) is 0 Å². The number of amides is 1. The van der Waals surface area contributed by atoms with Crippen LogP contribution in [0.2, 0.25) is 0 Å². The zero-order valence-electron chi connectivity index (χ0n) is 12.1. The SMILES string of the molecule is CCCN(Cc1ccccc1)C(=O)c1ccc(C#N)cc1. The van der Waals surface area contributed by atoms with Gasteiger partial charge in [-0.05, 0) is 36.2 Å². The van der Waals surface area contributed by atoms with Crippen molar-refractivity contribution in [3.05, 3.63) is 71.3 Å². The van der Waals surface area contributed by atoms with Crippen molar-refractivity contribution in [3.63, 3.8) is 0 Å². The second-order valence-electron chi connectivity index (χ2n) is 4.90. The summed E-state index contributed by atoms with van der Waals surface area (Å²) < 4.78 is 0. The topological polar surface area (TPSA) is 44.1 Å². The number of nitriles is 1. The molecule has 1 amide bonds. The molecule has 3 heteroatoms. The molecule has 0 saturated heterocycles. The van der Waals surface area contributed by atoms with E-state index in [0.717, 1.165) is 12.0 Å². The van der Waals surface area contributed by atoms with E-state index in [-0.39, 0.29) is 5.91 Å². The van der Waals surface area contributed by atoms with Crippen LogP contribution in [0.25, 0.3) is 0 Å². The van der Waals surface area contributed by atoms with Gasteiger partial charge in [0, 0.05) is 18.7 Å². The predicted octanol–water partition coefficient (Wildman–Crippen LogP) is 3.61. The van der Waals surface area contributed by atoms with Gasteiger partial charge in [0.2, 0.25) is 0 Å². The van der Waals surface area contributed by atoms with Crippen molar-refractivity contribution in [1.82, 2.24) is 4.90 Å². The maximum atomic E-state index is 12.6. The Labute approximate surface area is 125 Å². The average Bonchev–Trinajstić information content (AvgIpc) is 2.55. The lowest BCUT2D eigenvalue weighted by Gasteiger charge is -2.22. The van der Waals surface area contributed by atoms with E-state index in [9.17, 15) is 4.79 Å². The van der Waals surface area contributed by atoms with Crippen LogP contribution >= 0.6 is 0 Å². The molecule has 0 saturated carbocycles. The molecular formula is C18H18N2O. The first-order valence-corrected chi connectivity index (χ1v) is 7.08. The van der Waals surface area contributed by atoms with Crippen molar-refractivity contribution in [2.24, 2.45) is 0 Å². The summed E-state index contributed by atoms with van der Waals surface area (Å²) >= 11 is 0. The lowest BCUT2D eigenvalue weighted by molar-refractivity contribution is 0.0743. The third-order valence-corrected chi connectivity index (χ3v) is 3.26. The molecule has 0 fully saturated rings. The van der Waals surface area contributed by atoms with Crippen LogP contribution < -0.4 is 0 Å². The largest absolute Gasteiger partial charge is 0.334 e. The second kappa shape index (κ2) is 7.25. The minimum absolute atomic E-state index is 0.00481. The summed E-state index contributed by atoms with van der Waals surface area (Å²) in [5.41, 5.74) is 2.31. The van der Waals surface area contributed by atoms with Crippen LogP contribution in [0.15, 0.2) is 54.6 Å². The quantitative estimate of drug-likeness (QED) is 0.838. The third-order valence-electron chi connectivity index (χ3n) is 3.26. The van der Waals surface area contributed by atoms with Crippen molar-refractivity contribution < 1.29 is 4.79 Å². The highest BCUT2D eigenvalue weighted by Gasteiger charge is 2.15. The normalized spacial score (nSPS) is 9.90. The minimum Gasteiger partial charge on any atom is -0.334 e. The molecule has 0 heterocycles. The number of carbonyl (C=O) groups excluding carboxylic acids is 1. The Morgan fingerprint density at radius 3 is 2.33 bits per heavy atom. The van der Waals surface area contributed by atoms with Crippen molar-refractivity contribution in [2.75, 3.05) is 6.54 Å². The van der Waals surface area contributed by atoms with E-state index >= 15 is 0 Å². The molecule has 21 heavy (non-hydrogen) atoms. The molecular weight excluding hydrogens is 260 g/mol.